The largest absolute Gasteiger partial charge is 0.487 e. The lowest BCUT2D eigenvalue weighted by molar-refractivity contribution is -0.138. The van der Waals surface area contributed by atoms with Crippen molar-refractivity contribution in [1.82, 2.24) is 0 Å². The zero-order chi connectivity index (χ0) is 25.9. The third-order valence-electron chi connectivity index (χ3n) is 6.20. The van der Waals surface area contributed by atoms with Crippen LogP contribution >= 0.6 is 0 Å². The van der Waals surface area contributed by atoms with Crippen LogP contribution in [0.5, 0.6) is 11.5 Å². The van der Waals surface area contributed by atoms with Crippen LogP contribution in [0.1, 0.15) is 24.5 Å². The van der Waals surface area contributed by atoms with Crippen molar-refractivity contribution in [3.63, 3.8) is 0 Å². The van der Waals surface area contributed by atoms with Gasteiger partial charge in [0.05, 0.1) is 36.7 Å². The molecule has 194 valence electrons. The summed E-state index contributed by atoms with van der Waals surface area (Å²) in [5.74, 6) is 0.169. The summed E-state index contributed by atoms with van der Waals surface area (Å²) in [6.45, 7) is 4.21. The lowest BCUT2D eigenvalue weighted by atomic mass is 9.86. The fourth-order valence-corrected chi connectivity index (χ4v) is 4.68. The van der Waals surface area contributed by atoms with Gasteiger partial charge in [-0.2, -0.15) is 13.2 Å². The van der Waals surface area contributed by atoms with Crippen LogP contribution in [-0.2, 0) is 20.4 Å². The molecule has 36 heavy (non-hydrogen) atoms. The van der Waals surface area contributed by atoms with E-state index in [9.17, 15) is 18.0 Å². The molecule has 0 unspecified atom stereocenters. The molecule has 0 aliphatic carbocycles. The predicted octanol–water partition coefficient (Wildman–Crippen LogP) is 4.76. The molecule has 10 heteroatoms. The van der Waals surface area contributed by atoms with Gasteiger partial charge in [0.25, 0.3) is 0 Å². The highest BCUT2D eigenvalue weighted by Gasteiger charge is 2.41. The molecule has 4 rings (SSSR count). The van der Waals surface area contributed by atoms with Gasteiger partial charge in [-0.25, -0.2) is 0 Å². The molecule has 2 heterocycles. The lowest BCUT2D eigenvalue weighted by Gasteiger charge is -2.39. The zero-order valence-electron chi connectivity index (χ0n) is 20.4. The molecule has 7 nitrogen and oxygen atoms in total. The molecule has 2 aliphatic heterocycles. The Morgan fingerprint density at radius 3 is 2.61 bits per heavy atom. The Morgan fingerprint density at radius 1 is 1.19 bits per heavy atom. The highest BCUT2D eigenvalue weighted by Crippen LogP contribution is 2.44. The molecule has 2 aliphatic rings. The first-order chi connectivity index (χ1) is 17.2. The molecule has 0 atom stereocenters. The Kier molecular flexibility index (Phi) is 7.46. The van der Waals surface area contributed by atoms with E-state index >= 15 is 0 Å². The Bertz CT molecular complexity index is 1140. The SMILES string of the molecule is CCN1CCOc2c(NC(=O)/C=C3\CC(COC)(COC)Oc4cc(C(F)(F)F)ccc43)cccc21. The number of benzene rings is 2. The molecule has 0 spiro atoms. The van der Waals surface area contributed by atoms with Crippen LogP contribution in [0.2, 0.25) is 0 Å². The number of fused-ring (bicyclic) bond motifs is 2. The summed E-state index contributed by atoms with van der Waals surface area (Å²) in [5.41, 5.74) is 0.395. The van der Waals surface area contributed by atoms with Gasteiger partial charge in [0.1, 0.15) is 12.4 Å². The summed E-state index contributed by atoms with van der Waals surface area (Å²) in [6, 6.07) is 8.78. The molecule has 1 amide bonds. The van der Waals surface area contributed by atoms with E-state index in [-0.39, 0.29) is 25.4 Å². The Balaban J connectivity index is 1.70. The number of para-hydroxylation sites is 1. The standard InChI is InChI=1S/C26H29F3N2O5/c1-4-31-10-11-35-24-20(6-5-7-21(24)31)30-23(32)12-17-14-25(15-33-2,16-34-3)36-22-13-18(26(27,28)29)8-9-19(17)22/h5-9,12-13H,4,10-11,14-16H2,1-3H3,(H,30,32)/b17-12+. The van der Waals surface area contributed by atoms with Crippen molar-refractivity contribution in [2.75, 3.05) is 57.3 Å². The molecule has 0 saturated carbocycles. The van der Waals surface area contributed by atoms with E-state index in [1.807, 2.05) is 19.1 Å². The first-order valence-corrected chi connectivity index (χ1v) is 11.6. The van der Waals surface area contributed by atoms with Gasteiger partial charge < -0.3 is 29.2 Å². The molecule has 2 aromatic rings. The number of nitrogens with zero attached hydrogens (tertiary/aromatic N) is 1. The van der Waals surface area contributed by atoms with E-state index in [0.717, 1.165) is 30.9 Å². The minimum absolute atomic E-state index is 0.0169. The van der Waals surface area contributed by atoms with Crippen LogP contribution in [0.3, 0.4) is 0 Å². The number of carbonyl (C=O) groups is 1. The number of halogens is 3. The topological polar surface area (TPSA) is 69.3 Å². The Hall–Kier alpha value is -3.24. The Morgan fingerprint density at radius 2 is 1.94 bits per heavy atom. The molecule has 1 N–H and O–H groups in total. The van der Waals surface area contributed by atoms with Gasteiger partial charge in [0.15, 0.2) is 11.4 Å². The molecular formula is C26H29F3N2O5. The quantitative estimate of drug-likeness (QED) is 0.547. The normalized spacial score (nSPS) is 17.6. The number of hydrogen-bond acceptors (Lipinski definition) is 6. The maximum absolute atomic E-state index is 13.4. The van der Waals surface area contributed by atoms with Crippen LogP contribution < -0.4 is 19.7 Å². The van der Waals surface area contributed by atoms with Crippen molar-refractivity contribution in [2.45, 2.75) is 25.1 Å². The van der Waals surface area contributed by atoms with E-state index in [1.165, 1.54) is 26.4 Å². The van der Waals surface area contributed by atoms with Crippen molar-refractivity contribution in [1.29, 1.82) is 0 Å². The summed E-state index contributed by atoms with van der Waals surface area (Å²) in [5, 5.41) is 2.87. The van der Waals surface area contributed by atoms with Gasteiger partial charge in [0.2, 0.25) is 5.91 Å². The van der Waals surface area contributed by atoms with E-state index < -0.39 is 23.2 Å². The third kappa shape index (κ3) is 5.29. The zero-order valence-corrected chi connectivity index (χ0v) is 20.4. The molecule has 0 radical (unpaired) electrons. The second kappa shape index (κ2) is 10.4. The Labute approximate surface area is 207 Å². The maximum atomic E-state index is 13.4. The lowest BCUT2D eigenvalue weighted by Crippen LogP contribution is -2.47. The van der Waals surface area contributed by atoms with Gasteiger partial charge in [0, 0.05) is 38.8 Å². The number of amides is 1. The summed E-state index contributed by atoms with van der Waals surface area (Å²) >= 11 is 0. The van der Waals surface area contributed by atoms with E-state index in [4.69, 9.17) is 18.9 Å². The second-order valence-electron chi connectivity index (χ2n) is 8.78. The molecule has 0 saturated heterocycles. The average Bonchev–Trinajstić information content (AvgIpc) is 2.83. The minimum Gasteiger partial charge on any atom is -0.487 e. The van der Waals surface area contributed by atoms with Gasteiger partial charge >= 0.3 is 6.18 Å². The number of carbonyl (C=O) groups excluding carboxylic acids is 1. The van der Waals surface area contributed by atoms with Crippen LogP contribution in [-0.4, -0.2) is 58.6 Å². The number of ether oxygens (including phenoxy) is 4. The number of anilines is 2. The summed E-state index contributed by atoms with van der Waals surface area (Å²) in [7, 11) is 2.94. The number of nitrogens with one attached hydrogen (secondary N) is 1. The van der Waals surface area contributed by atoms with E-state index in [1.54, 1.807) is 6.07 Å². The van der Waals surface area contributed by atoms with Crippen LogP contribution in [0.25, 0.3) is 5.57 Å². The van der Waals surface area contributed by atoms with Gasteiger partial charge in [-0.15, -0.1) is 0 Å². The third-order valence-corrected chi connectivity index (χ3v) is 6.20. The first-order valence-electron chi connectivity index (χ1n) is 11.6. The molecule has 0 bridgehead atoms. The van der Waals surface area contributed by atoms with Crippen LogP contribution in [0.15, 0.2) is 42.5 Å². The molecular weight excluding hydrogens is 477 g/mol. The smallest absolute Gasteiger partial charge is 0.416 e. The van der Waals surface area contributed by atoms with Crippen molar-refractivity contribution in [3.05, 3.63) is 53.6 Å². The average molecular weight is 507 g/mol. The predicted molar refractivity (Wildman–Crippen MR) is 130 cm³/mol. The number of alkyl halides is 3. The van der Waals surface area contributed by atoms with E-state index in [0.29, 0.717) is 29.2 Å². The number of likely N-dealkylation sites (N-methyl/N-ethyl adjacent to an activating group) is 1. The number of rotatable bonds is 7. The van der Waals surface area contributed by atoms with Crippen LogP contribution in [0, 0.1) is 0 Å². The fourth-order valence-electron chi connectivity index (χ4n) is 4.68. The summed E-state index contributed by atoms with van der Waals surface area (Å²) < 4.78 is 62.6. The molecule has 0 fully saturated rings. The van der Waals surface area contributed by atoms with E-state index in [2.05, 4.69) is 10.2 Å². The van der Waals surface area contributed by atoms with Gasteiger partial charge in [-0.3, -0.25) is 4.79 Å². The van der Waals surface area contributed by atoms with Gasteiger partial charge in [-0.05, 0) is 36.8 Å². The first kappa shape index (κ1) is 25.8. The van der Waals surface area contributed by atoms with Crippen molar-refractivity contribution >= 4 is 22.9 Å². The highest BCUT2D eigenvalue weighted by atomic mass is 19.4. The second-order valence-corrected chi connectivity index (χ2v) is 8.78. The minimum atomic E-state index is -4.54. The van der Waals surface area contributed by atoms with Gasteiger partial charge in [-0.1, -0.05) is 12.1 Å². The van der Waals surface area contributed by atoms with Crippen molar-refractivity contribution in [2.24, 2.45) is 0 Å². The van der Waals surface area contributed by atoms with Crippen LogP contribution in [0.4, 0.5) is 24.5 Å². The number of hydrogen-bond donors (Lipinski definition) is 1. The van der Waals surface area contributed by atoms with Crippen molar-refractivity contribution in [3.8, 4) is 11.5 Å². The monoisotopic (exact) mass is 506 g/mol. The summed E-state index contributed by atoms with van der Waals surface area (Å²) in [4.78, 5) is 15.3. The maximum Gasteiger partial charge on any atom is 0.416 e. The highest BCUT2D eigenvalue weighted by molar-refractivity contribution is 6.06. The number of methoxy groups -OCH3 is 2. The van der Waals surface area contributed by atoms with Crippen molar-refractivity contribution < 1.29 is 36.9 Å². The molecule has 0 aromatic heterocycles. The molecule has 2 aromatic carbocycles. The fraction of sp³-hybridized carbons (Fsp3) is 0.423. The summed E-state index contributed by atoms with van der Waals surface area (Å²) in [6.07, 6.45) is -2.96.